The third-order valence-corrected chi connectivity index (χ3v) is 4.34. The number of aromatic amines is 1. The topological polar surface area (TPSA) is 40.7 Å². The first-order valence-electron chi connectivity index (χ1n) is 6.33. The van der Waals surface area contributed by atoms with Crippen molar-refractivity contribution in [1.29, 1.82) is 0 Å². The average molecular weight is 263 g/mol. The molecule has 0 fully saturated rings. The molecule has 3 nitrogen and oxygen atoms in total. The van der Waals surface area contributed by atoms with E-state index in [0.717, 1.165) is 19.5 Å². The number of nitrogens with one attached hydrogen (secondary N) is 2. The molecule has 0 amide bonds. The predicted molar refractivity (Wildman–Crippen MR) is 77.0 cm³/mol. The zero-order valence-electron chi connectivity index (χ0n) is 11.3. The molecule has 0 aliphatic heterocycles. The lowest BCUT2D eigenvalue weighted by Gasteiger charge is -2.15. The zero-order chi connectivity index (χ0) is 13.0. The summed E-state index contributed by atoms with van der Waals surface area (Å²) in [6.07, 6.45) is 4.60. The first-order chi connectivity index (χ1) is 8.55. The molecule has 0 aliphatic rings. The number of imidazole rings is 1. The highest BCUT2D eigenvalue weighted by Crippen LogP contribution is 2.29. The van der Waals surface area contributed by atoms with Crippen LogP contribution < -0.4 is 5.32 Å². The fourth-order valence-electron chi connectivity index (χ4n) is 1.73. The molecule has 2 rings (SSSR count). The van der Waals surface area contributed by atoms with Crippen LogP contribution in [0, 0.1) is 0 Å². The van der Waals surface area contributed by atoms with Gasteiger partial charge >= 0.3 is 0 Å². The van der Waals surface area contributed by atoms with E-state index >= 15 is 0 Å². The van der Waals surface area contributed by atoms with Crippen molar-refractivity contribution in [3.8, 4) is 0 Å². The molecule has 0 bridgehead atoms. The van der Waals surface area contributed by atoms with E-state index in [1.54, 1.807) is 6.33 Å². The summed E-state index contributed by atoms with van der Waals surface area (Å²) >= 11 is 1.91. The predicted octanol–water partition coefficient (Wildman–Crippen LogP) is 3.10. The van der Waals surface area contributed by atoms with Crippen LogP contribution in [-0.4, -0.2) is 16.5 Å². The zero-order valence-corrected chi connectivity index (χ0v) is 12.1. The SMILES string of the molecule is CC(C)(C)c1ccc(CNCCc2cnc[nH]2)s1. The van der Waals surface area contributed by atoms with Gasteiger partial charge in [0.05, 0.1) is 6.33 Å². The minimum Gasteiger partial charge on any atom is -0.348 e. The Morgan fingerprint density at radius 1 is 1.33 bits per heavy atom. The Kier molecular flexibility index (Phi) is 4.19. The van der Waals surface area contributed by atoms with Crippen molar-refractivity contribution in [2.24, 2.45) is 0 Å². The Morgan fingerprint density at radius 2 is 2.17 bits per heavy atom. The summed E-state index contributed by atoms with van der Waals surface area (Å²) in [5, 5.41) is 3.47. The number of hydrogen-bond acceptors (Lipinski definition) is 3. The maximum absolute atomic E-state index is 4.01. The highest BCUT2D eigenvalue weighted by Gasteiger charge is 2.15. The molecule has 0 aromatic carbocycles. The van der Waals surface area contributed by atoms with Gasteiger partial charge in [-0.2, -0.15) is 0 Å². The van der Waals surface area contributed by atoms with Crippen LogP contribution in [0.5, 0.6) is 0 Å². The number of thiophene rings is 1. The second-order valence-corrected chi connectivity index (χ2v) is 6.69. The highest BCUT2D eigenvalue weighted by atomic mass is 32.1. The molecular formula is C14H21N3S. The van der Waals surface area contributed by atoms with E-state index in [-0.39, 0.29) is 5.41 Å². The van der Waals surface area contributed by atoms with E-state index in [1.165, 1.54) is 15.4 Å². The Labute approximate surface area is 113 Å². The lowest BCUT2D eigenvalue weighted by molar-refractivity contribution is 0.604. The van der Waals surface area contributed by atoms with E-state index in [2.05, 4.69) is 48.2 Å². The van der Waals surface area contributed by atoms with Crippen molar-refractivity contribution in [3.63, 3.8) is 0 Å². The summed E-state index contributed by atoms with van der Waals surface area (Å²) in [4.78, 5) is 9.98. The van der Waals surface area contributed by atoms with Gasteiger partial charge in [0.1, 0.15) is 0 Å². The first kappa shape index (κ1) is 13.3. The van der Waals surface area contributed by atoms with Crippen molar-refractivity contribution in [2.75, 3.05) is 6.54 Å². The molecule has 0 saturated heterocycles. The maximum atomic E-state index is 4.01. The van der Waals surface area contributed by atoms with Crippen molar-refractivity contribution < 1.29 is 0 Å². The Hall–Kier alpha value is -1.13. The summed E-state index contributed by atoms with van der Waals surface area (Å²) in [6, 6.07) is 4.48. The molecule has 2 aromatic heterocycles. The Balaban J connectivity index is 1.75. The smallest absolute Gasteiger partial charge is 0.0921 e. The lowest BCUT2D eigenvalue weighted by atomic mass is 9.95. The van der Waals surface area contributed by atoms with Gasteiger partial charge in [0, 0.05) is 41.2 Å². The van der Waals surface area contributed by atoms with Gasteiger partial charge in [-0.25, -0.2) is 4.98 Å². The number of hydrogen-bond donors (Lipinski definition) is 2. The lowest BCUT2D eigenvalue weighted by Crippen LogP contribution is -2.16. The van der Waals surface area contributed by atoms with Crippen LogP contribution in [0.1, 0.15) is 36.2 Å². The molecule has 0 spiro atoms. The van der Waals surface area contributed by atoms with Gasteiger partial charge in [0.2, 0.25) is 0 Å². The van der Waals surface area contributed by atoms with Crippen LogP contribution in [0.3, 0.4) is 0 Å². The molecule has 0 unspecified atom stereocenters. The summed E-state index contributed by atoms with van der Waals surface area (Å²) in [5.74, 6) is 0. The normalized spacial score (nSPS) is 11.9. The van der Waals surface area contributed by atoms with Gasteiger partial charge < -0.3 is 10.3 Å². The Bertz CT molecular complexity index is 465. The number of nitrogens with zero attached hydrogens (tertiary/aromatic N) is 1. The standard InChI is InChI=1S/C14H21N3S/c1-14(2,3)13-5-4-12(18-13)9-15-7-6-11-8-16-10-17-11/h4-5,8,10,15H,6-7,9H2,1-3H3,(H,16,17). The van der Waals surface area contributed by atoms with Crippen LogP contribution in [-0.2, 0) is 18.4 Å². The van der Waals surface area contributed by atoms with Crippen molar-refractivity contribution in [2.45, 2.75) is 39.2 Å². The fourth-order valence-corrected chi connectivity index (χ4v) is 2.77. The number of rotatable bonds is 5. The summed E-state index contributed by atoms with van der Waals surface area (Å²) in [5.41, 5.74) is 1.45. The molecule has 0 radical (unpaired) electrons. The molecule has 2 heterocycles. The summed E-state index contributed by atoms with van der Waals surface area (Å²) in [7, 11) is 0. The molecule has 2 N–H and O–H groups in total. The molecular weight excluding hydrogens is 242 g/mol. The molecule has 0 atom stereocenters. The van der Waals surface area contributed by atoms with E-state index in [1.807, 2.05) is 17.5 Å². The molecule has 4 heteroatoms. The molecule has 0 saturated carbocycles. The van der Waals surface area contributed by atoms with E-state index in [9.17, 15) is 0 Å². The third-order valence-electron chi connectivity index (χ3n) is 2.83. The first-order valence-corrected chi connectivity index (χ1v) is 7.14. The van der Waals surface area contributed by atoms with E-state index in [0.29, 0.717) is 0 Å². The second-order valence-electron chi connectivity index (χ2n) is 5.52. The van der Waals surface area contributed by atoms with Gasteiger partial charge in [-0.1, -0.05) is 20.8 Å². The minimum absolute atomic E-state index is 0.263. The van der Waals surface area contributed by atoms with E-state index in [4.69, 9.17) is 0 Å². The van der Waals surface area contributed by atoms with Crippen LogP contribution in [0.15, 0.2) is 24.7 Å². The highest BCUT2D eigenvalue weighted by molar-refractivity contribution is 7.12. The van der Waals surface area contributed by atoms with Crippen LogP contribution in [0.25, 0.3) is 0 Å². The van der Waals surface area contributed by atoms with Gasteiger partial charge in [0.15, 0.2) is 0 Å². The molecule has 98 valence electrons. The average Bonchev–Trinajstić information content (AvgIpc) is 2.95. The molecule has 0 aliphatic carbocycles. The fraction of sp³-hybridized carbons (Fsp3) is 0.500. The molecule has 2 aromatic rings. The van der Waals surface area contributed by atoms with Gasteiger partial charge in [0.25, 0.3) is 0 Å². The van der Waals surface area contributed by atoms with Crippen LogP contribution in [0.4, 0.5) is 0 Å². The maximum Gasteiger partial charge on any atom is 0.0921 e. The minimum atomic E-state index is 0.263. The van der Waals surface area contributed by atoms with Crippen LogP contribution >= 0.6 is 11.3 Å². The van der Waals surface area contributed by atoms with Crippen LogP contribution in [0.2, 0.25) is 0 Å². The van der Waals surface area contributed by atoms with E-state index < -0.39 is 0 Å². The van der Waals surface area contributed by atoms with Crippen molar-refractivity contribution >= 4 is 11.3 Å². The summed E-state index contributed by atoms with van der Waals surface area (Å²) in [6.45, 7) is 8.71. The summed E-state index contributed by atoms with van der Waals surface area (Å²) < 4.78 is 0. The van der Waals surface area contributed by atoms with Gasteiger partial charge in [-0.3, -0.25) is 0 Å². The van der Waals surface area contributed by atoms with Gasteiger partial charge in [-0.05, 0) is 17.5 Å². The third kappa shape index (κ3) is 3.68. The number of H-pyrrole nitrogens is 1. The van der Waals surface area contributed by atoms with Gasteiger partial charge in [-0.15, -0.1) is 11.3 Å². The number of aromatic nitrogens is 2. The largest absolute Gasteiger partial charge is 0.348 e. The monoisotopic (exact) mass is 263 g/mol. The molecule has 18 heavy (non-hydrogen) atoms. The van der Waals surface area contributed by atoms with Crippen molar-refractivity contribution in [3.05, 3.63) is 40.1 Å². The van der Waals surface area contributed by atoms with Crippen molar-refractivity contribution in [1.82, 2.24) is 15.3 Å². The Morgan fingerprint density at radius 3 is 2.78 bits per heavy atom. The quantitative estimate of drug-likeness (QED) is 0.814. The second kappa shape index (κ2) is 5.67.